The third-order valence-corrected chi connectivity index (χ3v) is 5.09. The van der Waals surface area contributed by atoms with Gasteiger partial charge in [-0.3, -0.25) is 4.79 Å². The lowest BCUT2D eigenvalue weighted by molar-refractivity contribution is 0.0933. The van der Waals surface area contributed by atoms with Crippen LogP contribution in [0.3, 0.4) is 0 Å². The van der Waals surface area contributed by atoms with Crippen LogP contribution < -0.4 is 15.8 Å². The quantitative estimate of drug-likeness (QED) is 0.788. The Hall–Kier alpha value is -1.26. The zero-order valence-electron chi connectivity index (χ0n) is 14.2. The second-order valence-electron chi connectivity index (χ2n) is 6.99. The SMILES string of the molecule is Cl.NCC(NC(=O)c1ccc(OCC2CCCCC2)cc1)C1CC1. The van der Waals surface area contributed by atoms with Crippen molar-refractivity contribution in [1.29, 1.82) is 0 Å². The van der Waals surface area contributed by atoms with Crippen molar-refractivity contribution in [3.63, 3.8) is 0 Å². The number of nitrogens with one attached hydrogen (secondary N) is 1. The van der Waals surface area contributed by atoms with E-state index in [9.17, 15) is 4.79 Å². The number of nitrogens with two attached hydrogens (primary N) is 1. The number of hydrogen-bond donors (Lipinski definition) is 2. The maximum Gasteiger partial charge on any atom is 0.251 e. The largest absolute Gasteiger partial charge is 0.493 e. The van der Waals surface area contributed by atoms with Crippen molar-refractivity contribution < 1.29 is 9.53 Å². The summed E-state index contributed by atoms with van der Waals surface area (Å²) in [4.78, 5) is 12.3. The molecule has 0 bridgehead atoms. The molecule has 1 amide bonds. The molecule has 1 unspecified atom stereocenters. The molecule has 2 aliphatic rings. The highest BCUT2D eigenvalue weighted by atomic mass is 35.5. The Bertz CT molecular complexity index is 511. The van der Waals surface area contributed by atoms with E-state index in [-0.39, 0.29) is 24.4 Å². The molecule has 0 heterocycles. The van der Waals surface area contributed by atoms with Crippen LogP contribution in [0, 0.1) is 11.8 Å². The van der Waals surface area contributed by atoms with Crippen molar-refractivity contribution in [3.8, 4) is 5.75 Å². The zero-order valence-corrected chi connectivity index (χ0v) is 15.0. The molecule has 24 heavy (non-hydrogen) atoms. The van der Waals surface area contributed by atoms with Crippen LogP contribution in [0.2, 0.25) is 0 Å². The number of amides is 1. The van der Waals surface area contributed by atoms with Gasteiger partial charge in [0, 0.05) is 18.2 Å². The van der Waals surface area contributed by atoms with Crippen molar-refractivity contribution >= 4 is 18.3 Å². The minimum Gasteiger partial charge on any atom is -0.493 e. The summed E-state index contributed by atoms with van der Waals surface area (Å²) in [5.74, 6) is 2.08. The second kappa shape index (κ2) is 9.28. The highest BCUT2D eigenvalue weighted by Crippen LogP contribution is 2.32. The van der Waals surface area contributed by atoms with E-state index in [1.165, 1.54) is 44.9 Å². The van der Waals surface area contributed by atoms with Gasteiger partial charge in [-0.15, -0.1) is 12.4 Å². The van der Waals surface area contributed by atoms with E-state index in [1.807, 2.05) is 24.3 Å². The van der Waals surface area contributed by atoms with Gasteiger partial charge in [0.05, 0.1) is 6.61 Å². The molecule has 5 heteroatoms. The van der Waals surface area contributed by atoms with Crippen molar-refractivity contribution in [2.24, 2.45) is 17.6 Å². The Labute approximate surface area is 150 Å². The highest BCUT2D eigenvalue weighted by Gasteiger charge is 2.31. The molecule has 1 aromatic rings. The lowest BCUT2D eigenvalue weighted by atomic mass is 9.90. The Morgan fingerprint density at radius 3 is 2.38 bits per heavy atom. The fourth-order valence-electron chi connectivity index (χ4n) is 3.39. The first-order valence-corrected chi connectivity index (χ1v) is 9.00. The third kappa shape index (κ3) is 5.38. The summed E-state index contributed by atoms with van der Waals surface area (Å²) < 4.78 is 5.88. The number of carbonyl (C=O) groups excluding carboxylic acids is 1. The molecule has 134 valence electrons. The molecule has 1 atom stereocenters. The van der Waals surface area contributed by atoms with Crippen molar-refractivity contribution in [1.82, 2.24) is 5.32 Å². The first-order valence-electron chi connectivity index (χ1n) is 9.00. The standard InChI is InChI=1S/C19H28N2O2.ClH/c20-12-18(15-6-7-15)21-19(22)16-8-10-17(11-9-16)23-13-14-4-2-1-3-5-14;/h8-11,14-15,18H,1-7,12-13,20H2,(H,21,22);1H. The topological polar surface area (TPSA) is 64.3 Å². The number of rotatable bonds is 7. The number of carbonyl (C=O) groups is 1. The number of benzene rings is 1. The van der Waals surface area contributed by atoms with Gasteiger partial charge in [0.15, 0.2) is 0 Å². The van der Waals surface area contributed by atoms with E-state index in [1.54, 1.807) is 0 Å². The summed E-state index contributed by atoms with van der Waals surface area (Å²) in [6.45, 7) is 1.31. The monoisotopic (exact) mass is 352 g/mol. The Morgan fingerprint density at radius 2 is 1.79 bits per heavy atom. The van der Waals surface area contributed by atoms with Gasteiger partial charge in [0.25, 0.3) is 5.91 Å². The predicted octanol–water partition coefficient (Wildman–Crippen LogP) is 3.53. The summed E-state index contributed by atoms with van der Waals surface area (Å²) >= 11 is 0. The fourth-order valence-corrected chi connectivity index (χ4v) is 3.39. The van der Waals surface area contributed by atoms with Crippen LogP contribution in [0.25, 0.3) is 0 Å². The normalized spacial score (nSPS) is 19.2. The number of ether oxygens (including phenoxy) is 1. The Balaban J connectivity index is 0.00000208. The van der Waals surface area contributed by atoms with Gasteiger partial charge in [0.1, 0.15) is 5.75 Å². The average Bonchev–Trinajstić information content (AvgIpc) is 3.44. The zero-order chi connectivity index (χ0) is 16.1. The number of halogens is 1. The molecule has 4 nitrogen and oxygen atoms in total. The molecule has 1 aromatic carbocycles. The van der Waals surface area contributed by atoms with Gasteiger partial charge >= 0.3 is 0 Å². The van der Waals surface area contributed by atoms with Crippen molar-refractivity contribution in [2.75, 3.05) is 13.2 Å². The molecule has 3 rings (SSSR count). The van der Waals surface area contributed by atoms with Gasteiger partial charge in [-0.1, -0.05) is 19.3 Å². The van der Waals surface area contributed by atoms with Crippen LogP contribution in [0.15, 0.2) is 24.3 Å². The van der Waals surface area contributed by atoms with Crippen LogP contribution in [0.5, 0.6) is 5.75 Å². The van der Waals surface area contributed by atoms with Gasteiger partial charge < -0.3 is 15.8 Å². The molecular weight excluding hydrogens is 324 g/mol. The first-order chi connectivity index (χ1) is 11.3. The minimum atomic E-state index is -0.0359. The molecule has 0 spiro atoms. The van der Waals surface area contributed by atoms with E-state index in [4.69, 9.17) is 10.5 Å². The summed E-state index contributed by atoms with van der Waals surface area (Å²) in [6.07, 6.45) is 8.94. The number of hydrogen-bond acceptors (Lipinski definition) is 3. The van der Waals surface area contributed by atoms with Crippen LogP contribution in [-0.2, 0) is 0 Å². The molecular formula is C19H29ClN2O2. The first kappa shape index (κ1) is 19.1. The van der Waals surface area contributed by atoms with Crippen molar-refractivity contribution in [3.05, 3.63) is 29.8 Å². The molecule has 0 radical (unpaired) electrons. The van der Waals surface area contributed by atoms with E-state index >= 15 is 0 Å². The second-order valence-corrected chi connectivity index (χ2v) is 6.99. The lowest BCUT2D eigenvalue weighted by Gasteiger charge is -2.21. The Kier molecular flexibility index (Phi) is 7.38. The molecule has 0 aromatic heterocycles. The van der Waals surface area contributed by atoms with Crippen LogP contribution in [-0.4, -0.2) is 25.1 Å². The van der Waals surface area contributed by atoms with Gasteiger partial charge in [-0.25, -0.2) is 0 Å². The van der Waals surface area contributed by atoms with Crippen LogP contribution in [0.1, 0.15) is 55.3 Å². The average molecular weight is 353 g/mol. The van der Waals surface area contributed by atoms with Crippen molar-refractivity contribution in [2.45, 2.75) is 51.0 Å². The minimum absolute atomic E-state index is 0. The molecule has 0 saturated heterocycles. The highest BCUT2D eigenvalue weighted by molar-refractivity contribution is 5.94. The predicted molar refractivity (Wildman–Crippen MR) is 98.8 cm³/mol. The summed E-state index contributed by atoms with van der Waals surface area (Å²) in [5, 5.41) is 3.04. The van der Waals surface area contributed by atoms with Crippen LogP contribution in [0.4, 0.5) is 0 Å². The van der Waals surface area contributed by atoms with Gasteiger partial charge in [-0.05, 0) is 61.8 Å². The van der Waals surface area contributed by atoms with E-state index < -0.39 is 0 Å². The lowest BCUT2D eigenvalue weighted by Crippen LogP contribution is -2.41. The van der Waals surface area contributed by atoms with E-state index in [0.29, 0.717) is 23.9 Å². The van der Waals surface area contributed by atoms with Crippen LogP contribution >= 0.6 is 12.4 Å². The third-order valence-electron chi connectivity index (χ3n) is 5.09. The molecule has 0 aliphatic heterocycles. The summed E-state index contributed by atoms with van der Waals surface area (Å²) in [7, 11) is 0. The summed E-state index contributed by atoms with van der Waals surface area (Å²) in [6, 6.07) is 7.58. The van der Waals surface area contributed by atoms with Gasteiger partial charge in [-0.2, -0.15) is 0 Å². The summed E-state index contributed by atoms with van der Waals surface area (Å²) in [5.41, 5.74) is 6.41. The molecule has 2 aliphatic carbocycles. The van der Waals surface area contributed by atoms with E-state index in [0.717, 1.165) is 12.4 Å². The maximum absolute atomic E-state index is 12.3. The smallest absolute Gasteiger partial charge is 0.251 e. The maximum atomic E-state index is 12.3. The molecule has 2 saturated carbocycles. The molecule has 2 fully saturated rings. The Morgan fingerprint density at radius 1 is 1.12 bits per heavy atom. The fraction of sp³-hybridized carbons (Fsp3) is 0.632. The van der Waals surface area contributed by atoms with E-state index in [2.05, 4.69) is 5.32 Å². The van der Waals surface area contributed by atoms with Gasteiger partial charge in [0.2, 0.25) is 0 Å². The molecule has 3 N–H and O–H groups in total.